The average molecular weight is 254 g/mol. The molecule has 1 aromatic rings. The van der Waals surface area contributed by atoms with Gasteiger partial charge in [0.05, 0.1) is 16.1 Å². The number of halogens is 3. The molecule has 90 valence electrons. The summed E-state index contributed by atoms with van der Waals surface area (Å²) in [6.45, 7) is 0. The van der Waals surface area contributed by atoms with Gasteiger partial charge < -0.3 is 5.43 Å². The molecule has 0 aliphatic carbocycles. The van der Waals surface area contributed by atoms with Gasteiger partial charge in [-0.25, -0.2) is 8.42 Å². The highest BCUT2D eigenvalue weighted by atomic mass is 32.2. The molecular weight excluding hydrogens is 245 g/mol. The predicted octanol–water partition coefficient (Wildman–Crippen LogP) is 1.39. The van der Waals surface area contributed by atoms with Crippen molar-refractivity contribution in [3.05, 3.63) is 23.8 Å². The van der Waals surface area contributed by atoms with Gasteiger partial charge in [-0.15, -0.1) is 0 Å². The first kappa shape index (κ1) is 12.8. The highest BCUT2D eigenvalue weighted by molar-refractivity contribution is 7.90. The number of nitrogens with one attached hydrogen (secondary N) is 1. The fourth-order valence-corrected chi connectivity index (χ4v) is 1.97. The molecule has 0 amide bonds. The topological polar surface area (TPSA) is 72.2 Å². The summed E-state index contributed by atoms with van der Waals surface area (Å²) >= 11 is 0. The summed E-state index contributed by atoms with van der Waals surface area (Å²) in [5, 5.41) is 0. The minimum atomic E-state index is -4.54. The van der Waals surface area contributed by atoms with Gasteiger partial charge in [0.1, 0.15) is 0 Å². The van der Waals surface area contributed by atoms with Crippen LogP contribution in [0, 0.1) is 0 Å². The van der Waals surface area contributed by atoms with E-state index in [-0.39, 0.29) is 10.6 Å². The Kier molecular flexibility index (Phi) is 3.15. The molecule has 0 radical (unpaired) electrons. The minimum absolute atomic E-state index is 0.275. The second-order valence-corrected chi connectivity index (χ2v) is 5.11. The zero-order valence-electron chi connectivity index (χ0n) is 8.17. The summed E-state index contributed by atoms with van der Waals surface area (Å²) in [5.41, 5.74) is 0.690. The van der Waals surface area contributed by atoms with E-state index in [1.807, 2.05) is 5.43 Å². The highest BCUT2D eigenvalue weighted by Crippen LogP contribution is 2.33. The van der Waals surface area contributed by atoms with Gasteiger partial charge in [0.25, 0.3) is 0 Å². The van der Waals surface area contributed by atoms with Crippen LogP contribution in [0.1, 0.15) is 5.56 Å². The summed E-state index contributed by atoms with van der Waals surface area (Å²) in [6, 6.07) is 2.21. The molecule has 1 rings (SSSR count). The molecule has 0 saturated heterocycles. The van der Waals surface area contributed by atoms with Gasteiger partial charge in [0.2, 0.25) is 0 Å². The summed E-state index contributed by atoms with van der Waals surface area (Å²) in [4.78, 5) is -0.275. The molecular formula is C8H9F3N2O2S. The number of nitrogens with two attached hydrogens (primary N) is 1. The van der Waals surface area contributed by atoms with Crippen LogP contribution in [-0.2, 0) is 16.0 Å². The van der Waals surface area contributed by atoms with Gasteiger partial charge in [0.15, 0.2) is 9.84 Å². The normalized spacial score (nSPS) is 12.6. The van der Waals surface area contributed by atoms with Crippen molar-refractivity contribution in [1.82, 2.24) is 0 Å². The van der Waals surface area contributed by atoms with E-state index in [1.165, 1.54) is 0 Å². The van der Waals surface area contributed by atoms with Crippen molar-refractivity contribution in [1.29, 1.82) is 0 Å². The first-order valence-electron chi connectivity index (χ1n) is 4.04. The van der Waals surface area contributed by atoms with Crippen molar-refractivity contribution in [2.45, 2.75) is 11.1 Å². The Labute approximate surface area is 90.1 Å². The minimum Gasteiger partial charge on any atom is -0.323 e. The van der Waals surface area contributed by atoms with Crippen LogP contribution < -0.4 is 11.3 Å². The van der Waals surface area contributed by atoms with Gasteiger partial charge in [-0.05, 0) is 18.2 Å². The lowest BCUT2D eigenvalue weighted by Crippen LogP contribution is -2.14. The van der Waals surface area contributed by atoms with Crippen LogP contribution in [0.15, 0.2) is 23.1 Å². The van der Waals surface area contributed by atoms with Crippen LogP contribution >= 0.6 is 0 Å². The molecule has 0 unspecified atom stereocenters. The summed E-state index contributed by atoms with van der Waals surface area (Å²) in [6.07, 6.45) is -3.65. The monoisotopic (exact) mass is 254 g/mol. The number of alkyl halides is 3. The van der Waals surface area contributed by atoms with E-state index in [0.717, 1.165) is 12.3 Å². The van der Waals surface area contributed by atoms with Gasteiger partial charge in [-0.2, -0.15) is 13.2 Å². The third-order valence-electron chi connectivity index (χ3n) is 1.86. The van der Waals surface area contributed by atoms with Crippen LogP contribution in [0.25, 0.3) is 0 Å². The number of sulfone groups is 1. The third-order valence-corrected chi connectivity index (χ3v) is 3.02. The van der Waals surface area contributed by atoms with Crippen molar-refractivity contribution >= 4 is 15.5 Å². The lowest BCUT2D eigenvalue weighted by Gasteiger charge is -2.11. The fraction of sp³-hybridized carbons (Fsp3) is 0.250. The van der Waals surface area contributed by atoms with Crippen molar-refractivity contribution in [3.8, 4) is 0 Å². The fourth-order valence-electron chi connectivity index (χ4n) is 1.14. The van der Waals surface area contributed by atoms with Crippen molar-refractivity contribution in [2.75, 3.05) is 11.7 Å². The van der Waals surface area contributed by atoms with E-state index in [2.05, 4.69) is 0 Å². The van der Waals surface area contributed by atoms with Crippen LogP contribution in [-0.4, -0.2) is 14.7 Å². The van der Waals surface area contributed by atoms with Crippen molar-refractivity contribution in [3.63, 3.8) is 0 Å². The number of hydrazine groups is 1. The molecule has 0 bridgehead atoms. The molecule has 0 spiro atoms. The van der Waals surface area contributed by atoms with E-state index in [1.54, 1.807) is 0 Å². The van der Waals surface area contributed by atoms with Gasteiger partial charge in [-0.3, -0.25) is 5.84 Å². The maximum absolute atomic E-state index is 12.3. The predicted molar refractivity (Wildman–Crippen MR) is 52.4 cm³/mol. The number of anilines is 1. The first-order valence-corrected chi connectivity index (χ1v) is 5.93. The molecule has 0 heterocycles. The first-order chi connectivity index (χ1) is 7.16. The number of hydrogen-bond donors (Lipinski definition) is 2. The smallest absolute Gasteiger partial charge is 0.323 e. The molecule has 16 heavy (non-hydrogen) atoms. The van der Waals surface area contributed by atoms with Gasteiger partial charge >= 0.3 is 6.18 Å². The molecule has 4 nitrogen and oxygen atoms in total. The summed E-state index contributed by atoms with van der Waals surface area (Å²) in [7, 11) is -3.62. The Hall–Kier alpha value is -1.28. The number of rotatable bonds is 2. The molecule has 0 aliphatic rings. The molecule has 0 aliphatic heterocycles. The highest BCUT2D eigenvalue weighted by Gasteiger charge is 2.31. The third kappa shape index (κ3) is 2.64. The van der Waals surface area contributed by atoms with Crippen LogP contribution in [0.2, 0.25) is 0 Å². The summed E-state index contributed by atoms with van der Waals surface area (Å²) < 4.78 is 59.3. The zero-order valence-corrected chi connectivity index (χ0v) is 8.98. The molecule has 0 atom stereocenters. The molecule has 3 N–H and O–H groups in total. The van der Waals surface area contributed by atoms with E-state index in [9.17, 15) is 21.6 Å². The second-order valence-electron chi connectivity index (χ2n) is 3.13. The second kappa shape index (κ2) is 3.95. The van der Waals surface area contributed by atoms with Crippen LogP contribution in [0.3, 0.4) is 0 Å². The Balaban J connectivity index is 3.40. The van der Waals surface area contributed by atoms with Gasteiger partial charge in [-0.1, -0.05) is 0 Å². The van der Waals surface area contributed by atoms with E-state index in [4.69, 9.17) is 5.84 Å². The van der Waals surface area contributed by atoms with Gasteiger partial charge in [0, 0.05) is 6.26 Å². The zero-order chi connectivity index (χ0) is 12.6. The molecule has 0 fully saturated rings. The number of hydrogen-bond acceptors (Lipinski definition) is 4. The Morgan fingerprint density at radius 3 is 2.25 bits per heavy atom. The van der Waals surface area contributed by atoms with E-state index < -0.39 is 21.6 Å². The molecule has 8 heteroatoms. The Morgan fingerprint density at radius 1 is 1.31 bits per heavy atom. The van der Waals surface area contributed by atoms with E-state index in [0.29, 0.717) is 12.1 Å². The lowest BCUT2D eigenvalue weighted by molar-refractivity contribution is -0.137. The Bertz CT molecular complexity index is 496. The van der Waals surface area contributed by atoms with Crippen molar-refractivity contribution in [2.24, 2.45) is 5.84 Å². The molecule has 0 saturated carbocycles. The van der Waals surface area contributed by atoms with Crippen LogP contribution in [0.4, 0.5) is 18.9 Å². The average Bonchev–Trinajstić information content (AvgIpc) is 2.14. The molecule has 1 aromatic carbocycles. The Morgan fingerprint density at radius 2 is 1.88 bits per heavy atom. The number of benzene rings is 1. The largest absolute Gasteiger partial charge is 0.416 e. The summed E-state index contributed by atoms with van der Waals surface area (Å²) in [5.74, 6) is 4.98. The standard InChI is InChI=1S/C8H9F3N2O2S/c1-16(14,15)7-3-2-5(8(9,10)11)4-6(7)13-12/h2-4,13H,12H2,1H3. The van der Waals surface area contributed by atoms with E-state index >= 15 is 0 Å². The maximum Gasteiger partial charge on any atom is 0.416 e. The SMILES string of the molecule is CS(=O)(=O)c1ccc(C(F)(F)F)cc1NN. The lowest BCUT2D eigenvalue weighted by atomic mass is 10.2. The van der Waals surface area contributed by atoms with Crippen LogP contribution in [0.5, 0.6) is 0 Å². The number of nitrogen functional groups attached to an aromatic ring is 1. The van der Waals surface area contributed by atoms with Crippen molar-refractivity contribution < 1.29 is 21.6 Å². The molecule has 0 aromatic heterocycles. The quantitative estimate of drug-likeness (QED) is 0.618. The maximum atomic E-state index is 12.3.